The van der Waals surface area contributed by atoms with Crippen LogP contribution in [0.1, 0.15) is 50.5 Å². The van der Waals surface area contributed by atoms with Gasteiger partial charge in [0.2, 0.25) is 0 Å². The van der Waals surface area contributed by atoms with E-state index in [2.05, 4.69) is 29.7 Å². The van der Waals surface area contributed by atoms with Gasteiger partial charge in [0.25, 0.3) is 0 Å². The van der Waals surface area contributed by atoms with E-state index in [1.54, 1.807) is 0 Å². The predicted octanol–water partition coefficient (Wildman–Crippen LogP) is 2.27. The number of hydrogen-bond donors (Lipinski definition) is 1. The number of aryl methyl sites for hydroxylation is 2. The van der Waals surface area contributed by atoms with Gasteiger partial charge < -0.3 is 5.73 Å². The molecule has 1 heterocycles. The average molecular weight is 207 g/mol. The van der Waals surface area contributed by atoms with Crippen LogP contribution in [0.15, 0.2) is 6.07 Å². The first-order valence-electron chi connectivity index (χ1n) is 6.06. The molecular weight excluding hydrogens is 186 g/mol. The van der Waals surface area contributed by atoms with Crippen molar-refractivity contribution in [3.63, 3.8) is 0 Å². The molecule has 3 nitrogen and oxygen atoms in total. The summed E-state index contributed by atoms with van der Waals surface area (Å²) in [5.74, 6) is 0.880. The quantitative estimate of drug-likeness (QED) is 0.805. The van der Waals surface area contributed by atoms with Crippen molar-refractivity contribution in [3.8, 4) is 0 Å². The Morgan fingerprint density at radius 3 is 2.80 bits per heavy atom. The summed E-state index contributed by atoms with van der Waals surface area (Å²) in [7, 11) is 0. The van der Waals surface area contributed by atoms with Gasteiger partial charge in [-0.05, 0) is 31.7 Å². The zero-order valence-corrected chi connectivity index (χ0v) is 9.74. The van der Waals surface area contributed by atoms with Gasteiger partial charge in [0.15, 0.2) is 0 Å². The minimum absolute atomic E-state index is 0.185. The Hall–Kier alpha value is -0.830. The smallest absolute Gasteiger partial charge is 0.0625 e. The highest BCUT2D eigenvalue weighted by Gasteiger charge is 2.26. The van der Waals surface area contributed by atoms with E-state index in [9.17, 15) is 0 Å². The second-order valence-electron chi connectivity index (χ2n) is 4.52. The first kappa shape index (κ1) is 10.7. The lowest BCUT2D eigenvalue weighted by atomic mass is 10.1. The van der Waals surface area contributed by atoms with Crippen LogP contribution < -0.4 is 5.73 Å². The van der Waals surface area contributed by atoms with Crippen LogP contribution in [0, 0.1) is 5.92 Å². The van der Waals surface area contributed by atoms with E-state index in [0.29, 0.717) is 0 Å². The Labute approximate surface area is 91.7 Å². The van der Waals surface area contributed by atoms with Gasteiger partial charge in [-0.25, -0.2) is 0 Å². The molecule has 0 spiro atoms. The minimum Gasteiger partial charge on any atom is -0.323 e. The number of nitrogens with zero attached hydrogens (tertiary/aromatic N) is 2. The highest BCUT2D eigenvalue weighted by Crippen LogP contribution is 2.36. The fraction of sp³-hybridized carbons (Fsp3) is 0.750. The fourth-order valence-electron chi connectivity index (χ4n) is 2.04. The highest BCUT2D eigenvalue weighted by molar-refractivity contribution is 5.14. The summed E-state index contributed by atoms with van der Waals surface area (Å²) >= 11 is 0. The Morgan fingerprint density at radius 1 is 1.53 bits per heavy atom. The molecule has 0 radical (unpaired) electrons. The lowest BCUT2D eigenvalue weighted by molar-refractivity contribution is 0.523. The zero-order chi connectivity index (χ0) is 10.8. The summed E-state index contributed by atoms with van der Waals surface area (Å²) in [6.07, 6.45) is 4.87. The zero-order valence-electron chi connectivity index (χ0n) is 9.74. The number of aromatic nitrogens is 2. The van der Waals surface area contributed by atoms with Crippen molar-refractivity contribution in [1.29, 1.82) is 0 Å². The topological polar surface area (TPSA) is 43.8 Å². The van der Waals surface area contributed by atoms with Crippen LogP contribution in [-0.4, -0.2) is 9.78 Å². The summed E-state index contributed by atoms with van der Waals surface area (Å²) < 4.78 is 2.06. The molecule has 1 aliphatic carbocycles. The van der Waals surface area contributed by atoms with E-state index in [1.165, 1.54) is 18.5 Å². The van der Waals surface area contributed by atoms with Crippen molar-refractivity contribution in [3.05, 3.63) is 17.5 Å². The Kier molecular flexibility index (Phi) is 3.10. The normalized spacial score (nSPS) is 18.1. The molecule has 1 aliphatic rings. The summed E-state index contributed by atoms with van der Waals surface area (Å²) in [5.41, 5.74) is 8.61. The van der Waals surface area contributed by atoms with E-state index < -0.39 is 0 Å². The maximum atomic E-state index is 6.22. The van der Waals surface area contributed by atoms with Crippen molar-refractivity contribution in [2.24, 2.45) is 11.7 Å². The standard InChI is InChI=1S/C12H21N3/c1-3-10-8-12(15(4-2)14-10)11(13)7-9-5-6-9/h8-9,11H,3-7,13H2,1-2H3. The Bertz CT molecular complexity index is 326. The monoisotopic (exact) mass is 207 g/mol. The van der Waals surface area contributed by atoms with Crippen molar-refractivity contribution in [2.45, 2.75) is 52.1 Å². The van der Waals surface area contributed by atoms with Crippen LogP contribution in [0.5, 0.6) is 0 Å². The van der Waals surface area contributed by atoms with Gasteiger partial charge in [-0.1, -0.05) is 19.8 Å². The summed E-state index contributed by atoms with van der Waals surface area (Å²) in [4.78, 5) is 0. The second-order valence-corrected chi connectivity index (χ2v) is 4.52. The Morgan fingerprint density at radius 2 is 2.27 bits per heavy atom. The molecule has 0 aromatic carbocycles. The van der Waals surface area contributed by atoms with Crippen LogP contribution in [0.25, 0.3) is 0 Å². The van der Waals surface area contributed by atoms with Crippen LogP contribution >= 0.6 is 0 Å². The van der Waals surface area contributed by atoms with Gasteiger partial charge in [0.05, 0.1) is 11.4 Å². The maximum absolute atomic E-state index is 6.22. The molecule has 2 rings (SSSR count). The minimum atomic E-state index is 0.185. The largest absolute Gasteiger partial charge is 0.323 e. The maximum Gasteiger partial charge on any atom is 0.0625 e. The molecule has 0 bridgehead atoms. The molecule has 1 aromatic rings. The van der Waals surface area contributed by atoms with Crippen molar-refractivity contribution in [1.82, 2.24) is 9.78 Å². The van der Waals surface area contributed by atoms with Crippen LogP contribution in [0.3, 0.4) is 0 Å². The average Bonchev–Trinajstić information content (AvgIpc) is 2.95. The highest BCUT2D eigenvalue weighted by atomic mass is 15.3. The number of hydrogen-bond acceptors (Lipinski definition) is 2. The fourth-order valence-corrected chi connectivity index (χ4v) is 2.04. The lowest BCUT2D eigenvalue weighted by Crippen LogP contribution is -2.16. The molecule has 15 heavy (non-hydrogen) atoms. The van der Waals surface area contributed by atoms with Gasteiger partial charge in [-0.3, -0.25) is 4.68 Å². The van der Waals surface area contributed by atoms with Crippen LogP contribution in [-0.2, 0) is 13.0 Å². The molecule has 0 amide bonds. The number of nitrogens with two attached hydrogens (primary N) is 1. The SMILES string of the molecule is CCc1cc(C(N)CC2CC2)n(CC)n1. The van der Waals surface area contributed by atoms with E-state index in [4.69, 9.17) is 5.73 Å². The van der Waals surface area contributed by atoms with Crippen molar-refractivity contribution in [2.75, 3.05) is 0 Å². The van der Waals surface area contributed by atoms with Gasteiger partial charge in [-0.2, -0.15) is 5.10 Å². The third-order valence-electron chi connectivity index (χ3n) is 3.19. The molecule has 1 unspecified atom stereocenters. The van der Waals surface area contributed by atoms with Gasteiger partial charge in [-0.15, -0.1) is 0 Å². The summed E-state index contributed by atoms with van der Waals surface area (Å²) in [6, 6.07) is 2.36. The summed E-state index contributed by atoms with van der Waals surface area (Å²) in [6.45, 7) is 5.19. The van der Waals surface area contributed by atoms with E-state index in [0.717, 1.165) is 31.0 Å². The lowest BCUT2D eigenvalue weighted by Gasteiger charge is -2.12. The molecule has 1 saturated carbocycles. The summed E-state index contributed by atoms with van der Waals surface area (Å²) in [5, 5.41) is 4.53. The molecule has 1 fully saturated rings. The van der Waals surface area contributed by atoms with Gasteiger partial charge in [0.1, 0.15) is 0 Å². The first-order chi connectivity index (χ1) is 7.24. The number of rotatable bonds is 5. The van der Waals surface area contributed by atoms with Gasteiger partial charge >= 0.3 is 0 Å². The third kappa shape index (κ3) is 2.40. The van der Waals surface area contributed by atoms with E-state index in [1.807, 2.05) is 0 Å². The predicted molar refractivity (Wildman–Crippen MR) is 61.5 cm³/mol. The van der Waals surface area contributed by atoms with Crippen LogP contribution in [0.2, 0.25) is 0 Å². The molecule has 3 heteroatoms. The molecule has 0 saturated heterocycles. The van der Waals surface area contributed by atoms with Crippen molar-refractivity contribution >= 4 is 0 Å². The second kappa shape index (κ2) is 4.35. The molecule has 0 aliphatic heterocycles. The van der Waals surface area contributed by atoms with Crippen molar-refractivity contribution < 1.29 is 0 Å². The Balaban J connectivity index is 2.12. The molecule has 84 valence electrons. The van der Waals surface area contributed by atoms with Crippen LogP contribution in [0.4, 0.5) is 0 Å². The molecule has 1 aromatic heterocycles. The molecule has 1 atom stereocenters. The first-order valence-corrected chi connectivity index (χ1v) is 6.06. The van der Waals surface area contributed by atoms with E-state index >= 15 is 0 Å². The van der Waals surface area contributed by atoms with E-state index in [-0.39, 0.29) is 6.04 Å². The molecular formula is C12H21N3. The molecule has 2 N–H and O–H groups in total. The van der Waals surface area contributed by atoms with Gasteiger partial charge in [0, 0.05) is 12.6 Å². The third-order valence-corrected chi connectivity index (χ3v) is 3.19.